The third kappa shape index (κ3) is 6.78. The molecule has 0 spiro atoms. The standard InChI is InChI=1S/C11H16BrNO3S/c1-9(8-17(13,14)15)6-16-7-10-3-2-4-11(12)5-10/h2-5,9H,6-8H2,1H3,(H2,13,14,15). The molecule has 1 aromatic rings. The summed E-state index contributed by atoms with van der Waals surface area (Å²) in [6, 6.07) is 7.78. The molecule has 0 aliphatic heterocycles. The first-order valence-electron chi connectivity index (χ1n) is 5.19. The maximum Gasteiger partial charge on any atom is 0.209 e. The molecule has 17 heavy (non-hydrogen) atoms. The van der Waals surface area contributed by atoms with Gasteiger partial charge in [0.2, 0.25) is 10.0 Å². The lowest BCUT2D eigenvalue weighted by Crippen LogP contribution is -2.24. The van der Waals surface area contributed by atoms with Crippen LogP contribution in [0, 0.1) is 5.92 Å². The van der Waals surface area contributed by atoms with Crippen LogP contribution in [0.25, 0.3) is 0 Å². The Morgan fingerprint density at radius 3 is 2.76 bits per heavy atom. The second-order valence-corrected chi connectivity index (χ2v) is 6.65. The summed E-state index contributed by atoms with van der Waals surface area (Å²) in [4.78, 5) is 0. The third-order valence-corrected chi connectivity index (χ3v) is 3.60. The summed E-state index contributed by atoms with van der Waals surface area (Å²) in [6.45, 7) is 2.64. The minimum Gasteiger partial charge on any atom is -0.376 e. The SMILES string of the molecule is CC(COCc1cccc(Br)c1)CS(N)(=O)=O. The number of primary sulfonamides is 1. The largest absolute Gasteiger partial charge is 0.376 e. The lowest BCUT2D eigenvalue weighted by molar-refractivity contribution is 0.0977. The van der Waals surface area contributed by atoms with Gasteiger partial charge in [-0.05, 0) is 23.6 Å². The van der Waals surface area contributed by atoms with Crippen molar-refractivity contribution in [1.29, 1.82) is 0 Å². The Kier molecular flexibility index (Phi) is 5.58. The van der Waals surface area contributed by atoms with Crippen molar-refractivity contribution in [3.8, 4) is 0 Å². The molecule has 1 unspecified atom stereocenters. The molecule has 0 bridgehead atoms. The minimum absolute atomic E-state index is 0.0501. The summed E-state index contributed by atoms with van der Waals surface area (Å²) in [5.74, 6) is -0.150. The van der Waals surface area contributed by atoms with Gasteiger partial charge in [-0.25, -0.2) is 13.6 Å². The Morgan fingerprint density at radius 2 is 2.18 bits per heavy atom. The van der Waals surface area contributed by atoms with Gasteiger partial charge in [0.1, 0.15) is 0 Å². The van der Waals surface area contributed by atoms with E-state index in [4.69, 9.17) is 9.88 Å². The number of benzene rings is 1. The summed E-state index contributed by atoms with van der Waals surface area (Å²) in [7, 11) is -3.41. The second kappa shape index (κ2) is 6.49. The van der Waals surface area contributed by atoms with E-state index in [9.17, 15) is 8.42 Å². The number of rotatable bonds is 6. The van der Waals surface area contributed by atoms with Crippen LogP contribution in [-0.4, -0.2) is 20.8 Å². The second-order valence-electron chi connectivity index (χ2n) is 4.08. The van der Waals surface area contributed by atoms with Crippen molar-refractivity contribution in [1.82, 2.24) is 0 Å². The number of ether oxygens (including phenoxy) is 1. The fraction of sp³-hybridized carbons (Fsp3) is 0.455. The van der Waals surface area contributed by atoms with E-state index in [1.807, 2.05) is 24.3 Å². The van der Waals surface area contributed by atoms with Gasteiger partial charge in [0.15, 0.2) is 0 Å². The summed E-state index contributed by atoms with van der Waals surface area (Å²) < 4.78 is 28.1. The van der Waals surface area contributed by atoms with Crippen LogP contribution in [0.15, 0.2) is 28.7 Å². The van der Waals surface area contributed by atoms with Crippen LogP contribution >= 0.6 is 15.9 Å². The van der Waals surface area contributed by atoms with E-state index in [1.165, 1.54) is 0 Å². The zero-order chi connectivity index (χ0) is 12.9. The van der Waals surface area contributed by atoms with E-state index in [0.717, 1.165) is 10.0 Å². The molecule has 2 N–H and O–H groups in total. The van der Waals surface area contributed by atoms with Gasteiger partial charge in [0.05, 0.1) is 19.0 Å². The highest BCUT2D eigenvalue weighted by Crippen LogP contribution is 2.12. The minimum atomic E-state index is -3.41. The highest BCUT2D eigenvalue weighted by molar-refractivity contribution is 9.10. The average Bonchev–Trinajstić information content (AvgIpc) is 2.14. The average molecular weight is 322 g/mol. The number of nitrogens with two attached hydrogens (primary N) is 1. The fourth-order valence-corrected chi connectivity index (χ4v) is 2.79. The molecule has 6 heteroatoms. The first kappa shape index (κ1) is 14.6. The number of hydrogen-bond donors (Lipinski definition) is 1. The Balaban J connectivity index is 2.33. The van der Waals surface area contributed by atoms with Crippen molar-refractivity contribution in [3.05, 3.63) is 34.3 Å². The molecule has 0 radical (unpaired) electrons. The van der Waals surface area contributed by atoms with Gasteiger partial charge in [0.25, 0.3) is 0 Å². The molecule has 0 heterocycles. The summed E-state index contributed by atoms with van der Waals surface area (Å²) >= 11 is 3.37. The van der Waals surface area contributed by atoms with E-state index in [2.05, 4.69) is 15.9 Å². The molecule has 1 atom stereocenters. The van der Waals surface area contributed by atoms with Crippen LogP contribution in [0.1, 0.15) is 12.5 Å². The van der Waals surface area contributed by atoms with Gasteiger partial charge in [-0.15, -0.1) is 0 Å². The molecule has 1 rings (SSSR count). The zero-order valence-corrected chi connectivity index (χ0v) is 12.0. The predicted molar refractivity (Wildman–Crippen MR) is 70.9 cm³/mol. The van der Waals surface area contributed by atoms with Crippen molar-refractivity contribution in [2.45, 2.75) is 13.5 Å². The van der Waals surface area contributed by atoms with Crippen LogP contribution < -0.4 is 5.14 Å². The van der Waals surface area contributed by atoms with Gasteiger partial charge in [-0.2, -0.15) is 0 Å². The highest BCUT2D eigenvalue weighted by Gasteiger charge is 2.10. The van der Waals surface area contributed by atoms with Crippen LogP contribution in [0.2, 0.25) is 0 Å². The number of sulfonamides is 1. The number of hydrogen-bond acceptors (Lipinski definition) is 3. The normalized spacial score (nSPS) is 13.6. The summed E-state index contributed by atoms with van der Waals surface area (Å²) in [5.41, 5.74) is 1.04. The fourth-order valence-electron chi connectivity index (χ4n) is 1.45. The molecule has 0 aromatic heterocycles. The van der Waals surface area contributed by atoms with E-state index >= 15 is 0 Å². The highest BCUT2D eigenvalue weighted by atomic mass is 79.9. The molecule has 0 amide bonds. The Hall–Kier alpha value is -0.430. The Morgan fingerprint density at radius 1 is 1.47 bits per heavy atom. The lowest BCUT2D eigenvalue weighted by Gasteiger charge is -2.10. The van der Waals surface area contributed by atoms with Crippen molar-refractivity contribution in [2.75, 3.05) is 12.4 Å². The van der Waals surface area contributed by atoms with Gasteiger partial charge < -0.3 is 4.74 Å². The molecule has 4 nitrogen and oxygen atoms in total. The van der Waals surface area contributed by atoms with E-state index < -0.39 is 10.0 Å². The van der Waals surface area contributed by atoms with Crippen molar-refractivity contribution in [3.63, 3.8) is 0 Å². The van der Waals surface area contributed by atoms with Crippen LogP contribution in [0.5, 0.6) is 0 Å². The van der Waals surface area contributed by atoms with Gasteiger partial charge in [-0.1, -0.05) is 35.0 Å². The van der Waals surface area contributed by atoms with Crippen molar-refractivity contribution >= 4 is 26.0 Å². The van der Waals surface area contributed by atoms with Crippen LogP contribution in [0.3, 0.4) is 0 Å². The first-order chi connectivity index (χ1) is 7.87. The van der Waals surface area contributed by atoms with E-state index in [1.54, 1.807) is 6.92 Å². The van der Waals surface area contributed by atoms with E-state index in [-0.39, 0.29) is 11.7 Å². The summed E-state index contributed by atoms with van der Waals surface area (Å²) in [6.07, 6.45) is 0. The molecule has 0 saturated heterocycles. The van der Waals surface area contributed by atoms with E-state index in [0.29, 0.717) is 13.2 Å². The topological polar surface area (TPSA) is 69.4 Å². The molecule has 0 saturated carbocycles. The van der Waals surface area contributed by atoms with Gasteiger partial charge in [-0.3, -0.25) is 0 Å². The summed E-state index contributed by atoms with van der Waals surface area (Å²) in [5, 5.41) is 4.95. The Labute approximate surface area is 110 Å². The van der Waals surface area contributed by atoms with Gasteiger partial charge in [0, 0.05) is 4.47 Å². The zero-order valence-electron chi connectivity index (χ0n) is 9.60. The molecule has 96 valence electrons. The monoisotopic (exact) mass is 321 g/mol. The quantitative estimate of drug-likeness (QED) is 0.869. The molecule has 0 aliphatic carbocycles. The third-order valence-electron chi connectivity index (χ3n) is 2.08. The predicted octanol–water partition coefficient (Wildman–Crippen LogP) is 1.89. The molecule has 0 fully saturated rings. The van der Waals surface area contributed by atoms with Gasteiger partial charge >= 0.3 is 0 Å². The maximum atomic E-state index is 10.8. The molecule has 1 aromatic carbocycles. The maximum absolute atomic E-state index is 10.8. The molecular formula is C11H16BrNO3S. The van der Waals surface area contributed by atoms with Crippen LogP contribution in [-0.2, 0) is 21.4 Å². The molecule has 0 aliphatic rings. The lowest BCUT2D eigenvalue weighted by atomic mass is 10.2. The smallest absolute Gasteiger partial charge is 0.209 e. The van der Waals surface area contributed by atoms with Crippen LogP contribution in [0.4, 0.5) is 0 Å². The Bertz CT molecular complexity index is 462. The first-order valence-corrected chi connectivity index (χ1v) is 7.70. The molecular weight excluding hydrogens is 306 g/mol. The van der Waals surface area contributed by atoms with Crippen molar-refractivity contribution < 1.29 is 13.2 Å². The number of halogens is 1. The van der Waals surface area contributed by atoms with Crippen molar-refractivity contribution in [2.24, 2.45) is 11.1 Å².